The molecule has 0 aliphatic heterocycles. The fraction of sp³-hybridized carbons (Fsp3) is 0.278. The van der Waals surface area contributed by atoms with Crippen LogP contribution in [0.4, 0.5) is 34.1 Å². The Labute approximate surface area is 230 Å². The molecule has 24 heteroatoms. The molecule has 42 heavy (non-hydrogen) atoms. The first-order chi connectivity index (χ1) is 19.4. The predicted octanol–water partition coefficient (Wildman–Crippen LogP) is 1.76. The van der Waals surface area contributed by atoms with Crippen molar-refractivity contribution in [2.45, 2.75) is 25.3 Å². The number of carboxylic acids is 1. The summed E-state index contributed by atoms with van der Waals surface area (Å²) in [7, 11) is 0. The van der Waals surface area contributed by atoms with Crippen molar-refractivity contribution in [2.75, 3.05) is 6.54 Å². The normalized spacial score (nSPS) is 10.5. The molecule has 2 rings (SSSR count). The van der Waals surface area contributed by atoms with Gasteiger partial charge in [0.15, 0.2) is 0 Å². The second-order valence-corrected chi connectivity index (χ2v) is 7.44. The summed E-state index contributed by atoms with van der Waals surface area (Å²) in [5.74, 6) is -3.35. The molecule has 0 bridgehead atoms. The molecule has 1 atom stereocenters. The van der Waals surface area contributed by atoms with Crippen molar-refractivity contribution >= 4 is 40.1 Å². The number of aromatic hydroxyl groups is 2. The number of nitrogens with two attached hydrogens (primary N) is 2. The molecule has 0 fully saturated rings. The van der Waals surface area contributed by atoms with E-state index in [-0.39, 0.29) is 0 Å². The predicted molar refractivity (Wildman–Crippen MR) is 135 cm³/mol. The van der Waals surface area contributed by atoms with Crippen LogP contribution in [0.5, 0.6) is 11.5 Å². The van der Waals surface area contributed by atoms with Gasteiger partial charge in [-0.25, -0.2) is 0 Å². The average molecular weight is 604 g/mol. The Morgan fingerprint density at radius 2 is 0.929 bits per heavy atom. The number of hydrogen-bond acceptors (Lipinski definition) is 17. The highest BCUT2D eigenvalue weighted by Crippen LogP contribution is 2.40. The first kappa shape index (κ1) is 35.8. The largest absolute Gasteiger partial charge is 0.497 e. The molecule has 0 radical (unpaired) electrons. The van der Waals surface area contributed by atoms with Gasteiger partial charge in [-0.1, -0.05) is 6.42 Å². The molecule has 24 nitrogen and oxygen atoms in total. The van der Waals surface area contributed by atoms with Gasteiger partial charge < -0.3 is 26.8 Å². The lowest BCUT2D eigenvalue weighted by Crippen LogP contribution is -2.29. The van der Waals surface area contributed by atoms with Crippen molar-refractivity contribution in [1.82, 2.24) is 0 Å². The zero-order chi connectivity index (χ0) is 32.9. The van der Waals surface area contributed by atoms with E-state index >= 15 is 0 Å². The minimum atomic E-state index is -1.21. The molecule has 7 N–H and O–H groups in total. The number of nitro benzene ring substituents is 6. The number of non-ortho nitro benzene ring substituents is 2. The third-order valence-electron chi connectivity index (χ3n) is 4.60. The third kappa shape index (κ3) is 10.5. The van der Waals surface area contributed by atoms with Crippen LogP contribution in [-0.4, -0.2) is 63.4 Å². The van der Waals surface area contributed by atoms with E-state index in [0.717, 1.165) is 12.8 Å². The van der Waals surface area contributed by atoms with E-state index in [9.17, 15) is 65.5 Å². The molecule has 0 aromatic heterocycles. The molecule has 0 saturated carbocycles. The number of carboxylic acid groups (broad SMARTS) is 1. The van der Waals surface area contributed by atoms with Crippen molar-refractivity contribution in [1.29, 1.82) is 0 Å². The van der Waals surface area contributed by atoms with Gasteiger partial charge >= 0.3 is 28.7 Å². The summed E-state index contributed by atoms with van der Waals surface area (Å²) < 4.78 is 0. The molecule has 0 saturated heterocycles. The Hall–Kier alpha value is -6.17. The fourth-order valence-electron chi connectivity index (χ4n) is 2.58. The Morgan fingerprint density at radius 3 is 1.12 bits per heavy atom. The maximum Gasteiger partial charge on any atom is 0.324 e. The van der Waals surface area contributed by atoms with Crippen LogP contribution in [0.15, 0.2) is 24.3 Å². The summed E-state index contributed by atoms with van der Waals surface area (Å²) in [5, 5.41) is 88.8. The Kier molecular flexibility index (Phi) is 13.7. The molecule has 1 unspecified atom stereocenters. The van der Waals surface area contributed by atoms with Gasteiger partial charge in [-0.2, -0.15) is 0 Å². The molecule has 0 heterocycles. The van der Waals surface area contributed by atoms with Gasteiger partial charge in [0.1, 0.15) is 6.04 Å². The van der Waals surface area contributed by atoms with Gasteiger partial charge in [0.05, 0.1) is 53.8 Å². The highest BCUT2D eigenvalue weighted by molar-refractivity contribution is 5.73. The van der Waals surface area contributed by atoms with Crippen LogP contribution >= 0.6 is 0 Å². The van der Waals surface area contributed by atoms with Crippen molar-refractivity contribution in [2.24, 2.45) is 11.5 Å². The molecule has 0 aliphatic rings. The first-order valence-corrected chi connectivity index (χ1v) is 10.7. The van der Waals surface area contributed by atoms with Crippen molar-refractivity contribution in [3.8, 4) is 11.5 Å². The van der Waals surface area contributed by atoms with Crippen molar-refractivity contribution < 1.29 is 49.7 Å². The summed E-state index contributed by atoms with van der Waals surface area (Å²) in [6.07, 6.45) is 2.16. The van der Waals surface area contributed by atoms with E-state index in [4.69, 9.17) is 26.8 Å². The molecule has 2 aromatic carbocycles. The number of nitrogens with zero attached hydrogens (tertiary/aromatic N) is 6. The van der Waals surface area contributed by atoms with Crippen LogP contribution in [0.3, 0.4) is 0 Å². The average Bonchev–Trinajstić information content (AvgIpc) is 2.88. The molecular weight excluding hydrogens is 584 g/mol. The van der Waals surface area contributed by atoms with E-state index in [1.807, 2.05) is 0 Å². The van der Waals surface area contributed by atoms with Crippen molar-refractivity contribution in [3.63, 3.8) is 0 Å². The smallest absolute Gasteiger partial charge is 0.324 e. The SMILES string of the molecule is NCCCCC(N)C(=O)O.O=[N+]([O-])c1cc([N+](=O)[O-])c(O)c([N+](=O)[O-])c1.O=[N+]([O-])c1cc([N+](=O)[O-])c(O)c([N+](=O)[O-])c1. The zero-order valence-corrected chi connectivity index (χ0v) is 20.7. The topological polar surface area (TPSA) is 389 Å². The number of carbonyl (C=O) groups is 1. The van der Waals surface area contributed by atoms with Gasteiger partial charge in [0, 0.05) is 0 Å². The maximum absolute atomic E-state index is 10.4. The van der Waals surface area contributed by atoms with Crippen LogP contribution < -0.4 is 11.5 Å². The number of nitro groups is 6. The standard InChI is InChI=1S/2C6H3N3O7.C6H14N2O2/c2*10-6-4(8(13)14)1-3(7(11)12)2-5(6)9(15)16;7-4-2-1-3-5(8)6(9)10/h2*1-2,10H;5H,1-4,7-8H2,(H,9,10). The minimum Gasteiger partial charge on any atom is -0.497 e. The van der Waals surface area contributed by atoms with E-state index < -0.39 is 87.2 Å². The van der Waals surface area contributed by atoms with E-state index in [0.29, 0.717) is 37.2 Å². The lowest BCUT2D eigenvalue weighted by molar-refractivity contribution is -0.404. The van der Waals surface area contributed by atoms with Gasteiger partial charge in [-0.15, -0.1) is 0 Å². The number of rotatable bonds is 11. The fourth-order valence-corrected chi connectivity index (χ4v) is 2.58. The number of phenols is 2. The van der Waals surface area contributed by atoms with E-state index in [2.05, 4.69) is 0 Å². The summed E-state index contributed by atoms with van der Waals surface area (Å²) >= 11 is 0. The van der Waals surface area contributed by atoms with Crippen LogP contribution in [0.2, 0.25) is 0 Å². The van der Waals surface area contributed by atoms with Crippen LogP contribution in [0.25, 0.3) is 0 Å². The molecule has 0 spiro atoms. The zero-order valence-electron chi connectivity index (χ0n) is 20.7. The Morgan fingerprint density at radius 1 is 0.643 bits per heavy atom. The van der Waals surface area contributed by atoms with Gasteiger partial charge in [-0.3, -0.25) is 65.5 Å². The number of hydrogen-bond donors (Lipinski definition) is 5. The molecule has 0 amide bonds. The summed E-state index contributed by atoms with van der Waals surface area (Å²) in [6, 6.07) is 1.07. The maximum atomic E-state index is 10.4. The summed E-state index contributed by atoms with van der Waals surface area (Å²) in [6.45, 7) is 0.604. The van der Waals surface area contributed by atoms with E-state index in [1.165, 1.54) is 0 Å². The van der Waals surface area contributed by atoms with Gasteiger partial charge in [0.25, 0.3) is 22.9 Å². The van der Waals surface area contributed by atoms with Gasteiger partial charge in [-0.05, 0) is 19.4 Å². The molecule has 2 aromatic rings. The van der Waals surface area contributed by atoms with Crippen molar-refractivity contribution in [3.05, 3.63) is 85.0 Å². The third-order valence-corrected chi connectivity index (χ3v) is 4.60. The lowest BCUT2D eigenvalue weighted by Gasteiger charge is -2.03. The van der Waals surface area contributed by atoms with Crippen LogP contribution in [0, 0.1) is 60.7 Å². The Bertz CT molecular complexity index is 1240. The second-order valence-electron chi connectivity index (χ2n) is 7.44. The highest BCUT2D eigenvalue weighted by Gasteiger charge is 2.31. The minimum absolute atomic E-state index is 0.447. The van der Waals surface area contributed by atoms with E-state index in [1.54, 1.807) is 0 Å². The van der Waals surface area contributed by atoms with Gasteiger partial charge in [0.2, 0.25) is 0 Å². The number of aliphatic carboxylic acids is 1. The molecule has 228 valence electrons. The molecule has 0 aliphatic carbocycles. The number of phenolic OH excluding ortho intramolecular Hbond substituents is 2. The van der Waals surface area contributed by atoms with Crippen LogP contribution in [-0.2, 0) is 4.79 Å². The quantitative estimate of drug-likeness (QED) is 0.138. The number of unbranched alkanes of at least 4 members (excludes halogenated alkanes) is 1. The molecular formula is C18H20N8O16. The monoisotopic (exact) mass is 604 g/mol. The lowest BCUT2D eigenvalue weighted by atomic mass is 10.1. The number of benzene rings is 2. The highest BCUT2D eigenvalue weighted by atomic mass is 16.7. The summed E-state index contributed by atoms with van der Waals surface area (Å²) in [4.78, 5) is 65.7. The second kappa shape index (κ2) is 16.1. The van der Waals surface area contributed by atoms with Crippen LogP contribution in [0.1, 0.15) is 19.3 Å². The first-order valence-electron chi connectivity index (χ1n) is 10.7. The Balaban J connectivity index is 0.000000620. The summed E-state index contributed by atoms with van der Waals surface area (Å²) in [5.41, 5.74) is 4.42.